The number of hydrogen-bond donors (Lipinski definition) is 2. The van der Waals surface area contributed by atoms with E-state index < -0.39 is 0 Å². The summed E-state index contributed by atoms with van der Waals surface area (Å²) in [7, 11) is 0. The number of hydrogen-bond acceptors (Lipinski definition) is 4. The molecule has 3 rings (SSSR count). The molecule has 24 heavy (non-hydrogen) atoms. The highest BCUT2D eigenvalue weighted by atomic mass is 16.2. The molecule has 1 fully saturated rings. The normalized spacial score (nSPS) is 14.0. The second-order valence-electron chi connectivity index (χ2n) is 5.74. The van der Waals surface area contributed by atoms with Crippen LogP contribution in [0.1, 0.15) is 34.5 Å². The van der Waals surface area contributed by atoms with Crippen LogP contribution in [-0.2, 0) is 17.9 Å². The lowest BCUT2D eigenvalue weighted by atomic mass is 10.1. The molecule has 1 aliphatic heterocycles. The molecule has 0 bridgehead atoms. The number of nitrogens with zero attached hydrogens (tertiary/aromatic N) is 2. The number of amides is 2. The molecule has 1 aromatic carbocycles. The van der Waals surface area contributed by atoms with Crippen molar-refractivity contribution in [2.45, 2.75) is 25.9 Å². The average molecular weight is 324 g/mol. The number of nitrogens with two attached hydrogens (primary N) is 1. The molecule has 2 aromatic rings. The summed E-state index contributed by atoms with van der Waals surface area (Å²) < 4.78 is 0. The van der Waals surface area contributed by atoms with Gasteiger partial charge in [-0.25, -0.2) is 0 Å². The summed E-state index contributed by atoms with van der Waals surface area (Å²) in [6.07, 6.45) is 3.11. The Hall–Kier alpha value is -2.73. The van der Waals surface area contributed by atoms with Crippen molar-refractivity contribution < 1.29 is 9.59 Å². The fraction of sp³-hybridized carbons (Fsp3) is 0.278. The Bertz CT molecular complexity index is 743. The molecule has 2 amide bonds. The lowest BCUT2D eigenvalue weighted by Crippen LogP contribution is -2.24. The van der Waals surface area contributed by atoms with Crippen LogP contribution in [0.2, 0.25) is 0 Å². The molecule has 0 radical (unpaired) electrons. The summed E-state index contributed by atoms with van der Waals surface area (Å²) in [6, 6.07) is 11.1. The molecule has 6 heteroatoms. The van der Waals surface area contributed by atoms with Crippen LogP contribution >= 0.6 is 0 Å². The third kappa shape index (κ3) is 3.60. The van der Waals surface area contributed by atoms with Gasteiger partial charge in [0.15, 0.2) is 0 Å². The van der Waals surface area contributed by atoms with Crippen molar-refractivity contribution in [3.05, 3.63) is 59.4 Å². The Morgan fingerprint density at radius 3 is 2.71 bits per heavy atom. The first-order valence-electron chi connectivity index (χ1n) is 8.00. The Labute approximate surface area is 140 Å². The third-order valence-electron chi connectivity index (χ3n) is 4.06. The van der Waals surface area contributed by atoms with E-state index in [1.54, 1.807) is 23.2 Å². The maximum Gasteiger partial charge on any atom is 0.251 e. The maximum atomic E-state index is 12.2. The summed E-state index contributed by atoms with van der Waals surface area (Å²) in [5.74, 6) is 0.00958. The summed E-state index contributed by atoms with van der Waals surface area (Å²) in [5.41, 5.74) is 8.66. The molecule has 1 aromatic heterocycles. The van der Waals surface area contributed by atoms with Crippen molar-refractivity contribution in [1.82, 2.24) is 10.3 Å². The van der Waals surface area contributed by atoms with E-state index >= 15 is 0 Å². The van der Waals surface area contributed by atoms with Gasteiger partial charge in [0.1, 0.15) is 0 Å². The van der Waals surface area contributed by atoms with E-state index in [9.17, 15) is 9.59 Å². The Morgan fingerprint density at radius 1 is 1.25 bits per heavy atom. The van der Waals surface area contributed by atoms with Crippen LogP contribution < -0.4 is 16.0 Å². The molecular weight excluding hydrogens is 304 g/mol. The molecule has 1 aliphatic rings. The molecule has 0 aliphatic carbocycles. The van der Waals surface area contributed by atoms with Gasteiger partial charge in [-0.3, -0.25) is 14.6 Å². The van der Waals surface area contributed by atoms with Gasteiger partial charge < -0.3 is 16.0 Å². The summed E-state index contributed by atoms with van der Waals surface area (Å²) in [6.45, 7) is 1.51. The van der Waals surface area contributed by atoms with Gasteiger partial charge >= 0.3 is 0 Å². The monoisotopic (exact) mass is 324 g/mol. The van der Waals surface area contributed by atoms with E-state index in [-0.39, 0.29) is 11.8 Å². The average Bonchev–Trinajstić information content (AvgIpc) is 3.06. The number of rotatable bonds is 5. The van der Waals surface area contributed by atoms with E-state index in [1.807, 2.05) is 24.3 Å². The number of carbonyl (C=O) groups excluding carboxylic acids is 2. The maximum absolute atomic E-state index is 12.2. The topological polar surface area (TPSA) is 88.3 Å². The molecule has 0 saturated carbocycles. The predicted molar refractivity (Wildman–Crippen MR) is 91.3 cm³/mol. The zero-order valence-electron chi connectivity index (χ0n) is 13.4. The van der Waals surface area contributed by atoms with Crippen molar-refractivity contribution in [2.75, 3.05) is 11.4 Å². The van der Waals surface area contributed by atoms with E-state index in [1.165, 1.54) is 0 Å². The van der Waals surface area contributed by atoms with Gasteiger partial charge in [0.2, 0.25) is 5.91 Å². The van der Waals surface area contributed by atoms with Gasteiger partial charge in [0.25, 0.3) is 5.91 Å². The smallest absolute Gasteiger partial charge is 0.251 e. The predicted octanol–water partition coefficient (Wildman–Crippen LogP) is 1.60. The zero-order chi connectivity index (χ0) is 16.9. The SMILES string of the molecule is NCc1cc(C(=O)NCc2ccc(N3CCCC3=O)cc2)ccn1. The van der Waals surface area contributed by atoms with Gasteiger partial charge in [-0.1, -0.05) is 12.1 Å². The van der Waals surface area contributed by atoms with Crippen molar-refractivity contribution in [3.63, 3.8) is 0 Å². The first-order chi connectivity index (χ1) is 11.7. The molecule has 0 unspecified atom stereocenters. The molecular formula is C18H20N4O2. The fourth-order valence-corrected chi connectivity index (χ4v) is 2.73. The molecule has 124 valence electrons. The van der Waals surface area contributed by atoms with Gasteiger partial charge in [-0.05, 0) is 36.2 Å². The highest BCUT2D eigenvalue weighted by Gasteiger charge is 2.21. The highest BCUT2D eigenvalue weighted by molar-refractivity contribution is 5.95. The quantitative estimate of drug-likeness (QED) is 0.874. The van der Waals surface area contributed by atoms with Crippen molar-refractivity contribution in [2.24, 2.45) is 5.73 Å². The van der Waals surface area contributed by atoms with Crippen LogP contribution in [-0.4, -0.2) is 23.3 Å². The van der Waals surface area contributed by atoms with Crippen molar-refractivity contribution in [3.8, 4) is 0 Å². The van der Waals surface area contributed by atoms with Crippen LogP contribution in [0.5, 0.6) is 0 Å². The minimum Gasteiger partial charge on any atom is -0.348 e. The molecule has 0 spiro atoms. The number of anilines is 1. The number of aromatic nitrogens is 1. The van der Waals surface area contributed by atoms with Gasteiger partial charge in [-0.2, -0.15) is 0 Å². The molecule has 6 nitrogen and oxygen atoms in total. The van der Waals surface area contributed by atoms with Gasteiger partial charge in [0.05, 0.1) is 5.69 Å². The van der Waals surface area contributed by atoms with E-state index in [0.29, 0.717) is 30.8 Å². The van der Waals surface area contributed by atoms with E-state index in [2.05, 4.69) is 10.3 Å². The third-order valence-corrected chi connectivity index (χ3v) is 4.06. The van der Waals surface area contributed by atoms with E-state index in [0.717, 1.165) is 24.2 Å². The number of nitrogens with one attached hydrogen (secondary N) is 1. The summed E-state index contributed by atoms with van der Waals surface area (Å²) >= 11 is 0. The second-order valence-corrected chi connectivity index (χ2v) is 5.74. The molecule has 0 atom stereocenters. The number of benzene rings is 1. The lowest BCUT2D eigenvalue weighted by Gasteiger charge is -2.16. The van der Waals surface area contributed by atoms with Crippen LogP contribution in [0.4, 0.5) is 5.69 Å². The van der Waals surface area contributed by atoms with Crippen LogP contribution in [0.15, 0.2) is 42.6 Å². The molecule has 3 N–H and O–H groups in total. The zero-order valence-corrected chi connectivity index (χ0v) is 13.4. The standard InChI is InChI=1S/C18H20N4O2/c19-11-15-10-14(7-8-20-15)18(24)21-12-13-3-5-16(6-4-13)22-9-1-2-17(22)23/h3-8,10H,1-2,9,11-12,19H2,(H,21,24). The molecule has 1 saturated heterocycles. The summed E-state index contributed by atoms with van der Waals surface area (Å²) in [4.78, 5) is 29.8. The first kappa shape index (κ1) is 16.1. The Kier molecular flexibility index (Phi) is 4.86. The fourth-order valence-electron chi connectivity index (χ4n) is 2.73. The Morgan fingerprint density at radius 2 is 2.04 bits per heavy atom. The number of carbonyl (C=O) groups is 2. The minimum atomic E-state index is -0.161. The van der Waals surface area contributed by atoms with Crippen LogP contribution in [0.3, 0.4) is 0 Å². The first-order valence-corrected chi connectivity index (χ1v) is 8.00. The van der Waals surface area contributed by atoms with Crippen molar-refractivity contribution >= 4 is 17.5 Å². The summed E-state index contributed by atoms with van der Waals surface area (Å²) in [5, 5.41) is 2.88. The largest absolute Gasteiger partial charge is 0.348 e. The van der Waals surface area contributed by atoms with Crippen LogP contribution in [0.25, 0.3) is 0 Å². The minimum absolute atomic E-state index is 0.161. The Balaban J connectivity index is 1.60. The molecule has 2 heterocycles. The number of pyridine rings is 1. The van der Waals surface area contributed by atoms with Crippen molar-refractivity contribution in [1.29, 1.82) is 0 Å². The van der Waals surface area contributed by atoms with Gasteiger partial charge in [0, 0.05) is 43.5 Å². The highest BCUT2D eigenvalue weighted by Crippen LogP contribution is 2.21. The van der Waals surface area contributed by atoms with Crippen LogP contribution in [0, 0.1) is 0 Å². The van der Waals surface area contributed by atoms with E-state index in [4.69, 9.17) is 5.73 Å². The van der Waals surface area contributed by atoms with Gasteiger partial charge in [-0.15, -0.1) is 0 Å². The second kappa shape index (κ2) is 7.23. The lowest BCUT2D eigenvalue weighted by molar-refractivity contribution is -0.117.